The zero-order chi connectivity index (χ0) is 20.2. The number of hydrogen-bond acceptors (Lipinski definition) is 5. The molecule has 0 aromatic heterocycles. The number of carbonyl (C=O) groups excluding carboxylic acids is 1. The van der Waals surface area contributed by atoms with Crippen LogP contribution in [0.3, 0.4) is 0 Å². The van der Waals surface area contributed by atoms with Crippen LogP contribution < -0.4 is 64.4 Å². The van der Waals surface area contributed by atoms with Gasteiger partial charge in [0.2, 0.25) is 0 Å². The second kappa shape index (κ2) is 25.4. The van der Waals surface area contributed by atoms with Gasteiger partial charge >= 0.3 is 75.2 Å². The van der Waals surface area contributed by atoms with Gasteiger partial charge in [0.25, 0.3) is 0 Å². The second-order valence-corrected chi connectivity index (χ2v) is 8.85. The van der Waals surface area contributed by atoms with Gasteiger partial charge in [0.15, 0.2) is 0 Å². The molecule has 0 aromatic carbocycles. The van der Waals surface area contributed by atoms with Crippen LogP contribution in [0.25, 0.3) is 0 Å². The van der Waals surface area contributed by atoms with Crippen LogP contribution >= 0.6 is 0 Å². The first-order valence-electron chi connectivity index (χ1n) is 10.8. The van der Waals surface area contributed by atoms with Crippen molar-refractivity contribution in [3.05, 3.63) is 12.2 Å². The summed E-state index contributed by atoms with van der Waals surface area (Å²) in [6.07, 6.45) is 20.2. The van der Waals surface area contributed by atoms with Gasteiger partial charge in [-0.05, 0) is 39.2 Å². The second-order valence-electron chi connectivity index (χ2n) is 7.15. The summed E-state index contributed by atoms with van der Waals surface area (Å²) < 4.78 is 27.5. The van der Waals surface area contributed by atoms with Crippen LogP contribution in [0.5, 0.6) is 0 Å². The van der Waals surface area contributed by atoms with E-state index >= 15 is 0 Å². The summed E-state index contributed by atoms with van der Waals surface area (Å²) in [5, 5.41) is 2.72. The number of nitrogens with one attached hydrogen (secondary N) is 1. The van der Waals surface area contributed by atoms with E-state index in [1.807, 2.05) is 0 Å². The first-order chi connectivity index (χ1) is 13.0. The molecule has 0 atom stereocenters. The summed E-state index contributed by atoms with van der Waals surface area (Å²) >= 11 is 0. The average Bonchev–Trinajstić information content (AvgIpc) is 2.63. The van der Waals surface area contributed by atoms with E-state index in [9.17, 15) is 13.2 Å². The predicted octanol–water partition coefficient (Wildman–Crippen LogP) is -0.651. The molecule has 164 valence electrons. The van der Waals surface area contributed by atoms with Crippen LogP contribution in [0.1, 0.15) is 99.7 Å². The van der Waals surface area contributed by atoms with Crippen molar-refractivity contribution in [1.29, 1.82) is 0 Å². The molecule has 5 nitrogen and oxygen atoms in total. The average molecular weight is 452 g/mol. The van der Waals surface area contributed by atoms with E-state index in [-0.39, 0.29) is 80.7 Å². The summed E-state index contributed by atoms with van der Waals surface area (Å²) in [4.78, 5) is 11.5. The topological polar surface area (TPSA) is 72.5 Å². The molecule has 0 unspecified atom stereocenters. The fourth-order valence-corrected chi connectivity index (χ4v) is 3.70. The minimum atomic E-state index is -3.73. The molecule has 0 amide bonds. The molecule has 0 saturated heterocycles. The smallest absolute Gasteiger partial charge is 1.00 e. The molecule has 0 bridgehead atoms. The van der Waals surface area contributed by atoms with Crippen LogP contribution in [-0.2, 0) is 19.1 Å². The molecule has 0 heterocycles. The molecular formula is C21H43NNa2O4S. The van der Waals surface area contributed by atoms with E-state index in [4.69, 9.17) is 0 Å². The van der Waals surface area contributed by atoms with Gasteiger partial charge in [-0.2, -0.15) is 8.42 Å². The predicted molar refractivity (Wildman–Crippen MR) is 115 cm³/mol. The Morgan fingerprint density at radius 2 is 1.34 bits per heavy atom. The molecule has 0 saturated carbocycles. The van der Waals surface area contributed by atoms with E-state index in [0.717, 1.165) is 25.7 Å². The van der Waals surface area contributed by atoms with Crippen LogP contribution in [-0.4, -0.2) is 33.7 Å². The zero-order valence-electron chi connectivity index (χ0n) is 21.5. The Morgan fingerprint density at radius 1 is 0.862 bits per heavy atom. The monoisotopic (exact) mass is 451 g/mol. The van der Waals surface area contributed by atoms with Gasteiger partial charge in [0.05, 0.1) is 5.75 Å². The standard InChI is InChI=1S/C21H41NO4S.2Na.2H/c1-3-4-5-6-7-8-9-10-11-12-13-14-15-16-17-18-21(23)26-27(24,25)20-19-22-2;;;;/h10-11,22H,3-9,12-20H2,1-2H3;;;;/q;2*+1;2*-1/b11-10-;;;;. The Bertz CT molecular complexity index is 496. The Hall–Kier alpha value is 1.12. The maximum absolute atomic E-state index is 11.5. The molecule has 29 heavy (non-hydrogen) atoms. The van der Waals surface area contributed by atoms with E-state index in [2.05, 4.69) is 28.6 Å². The Kier molecular flexibility index (Phi) is 30.4. The van der Waals surface area contributed by atoms with Crippen molar-refractivity contribution in [3.8, 4) is 0 Å². The van der Waals surface area contributed by atoms with Crippen LogP contribution in [0, 0.1) is 0 Å². The van der Waals surface area contributed by atoms with Crippen molar-refractivity contribution in [3.63, 3.8) is 0 Å². The molecule has 0 fully saturated rings. The van der Waals surface area contributed by atoms with Crippen molar-refractivity contribution in [2.75, 3.05) is 19.3 Å². The Labute approximate surface area is 227 Å². The summed E-state index contributed by atoms with van der Waals surface area (Å²) in [7, 11) is -2.08. The fourth-order valence-electron chi connectivity index (χ4n) is 2.79. The third-order valence-electron chi connectivity index (χ3n) is 4.46. The quantitative estimate of drug-likeness (QED) is 0.122. The van der Waals surface area contributed by atoms with Gasteiger partial charge in [0, 0.05) is 13.0 Å². The summed E-state index contributed by atoms with van der Waals surface area (Å²) in [5.41, 5.74) is 0. The molecule has 0 aromatic rings. The molecule has 0 spiro atoms. The molecule has 0 aliphatic carbocycles. The molecule has 1 N–H and O–H groups in total. The number of unbranched alkanes of at least 4 members (excludes halogenated alkanes) is 11. The Morgan fingerprint density at radius 3 is 1.86 bits per heavy atom. The van der Waals surface area contributed by atoms with E-state index in [1.165, 1.54) is 51.4 Å². The molecule has 8 heteroatoms. The Balaban J connectivity index is -0.000000563. The molecular weight excluding hydrogens is 408 g/mol. The number of allylic oxidation sites excluding steroid dienone is 2. The molecule has 0 aliphatic heterocycles. The van der Waals surface area contributed by atoms with Crippen LogP contribution in [0.15, 0.2) is 12.2 Å². The molecule has 0 rings (SSSR count). The largest absolute Gasteiger partial charge is 1.00 e. The number of carbonyl (C=O) groups is 1. The summed E-state index contributed by atoms with van der Waals surface area (Å²) in [5.74, 6) is -0.814. The third kappa shape index (κ3) is 27.1. The van der Waals surface area contributed by atoms with Gasteiger partial charge < -0.3 is 12.4 Å². The van der Waals surface area contributed by atoms with Crippen molar-refractivity contribution < 1.29 is 79.4 Å². The number of hydrogen-bond donors (Lipinski definition) is 1. The number of rotatable bonds is 19. The fraction of sp³-hybridized carbons (Fsp3) is 0.857. The minimum absolute atomic E-state index is 0. The molecule has 0 aliphatic rings. The molecule has 0 radical (unpaired) electrons. The van der Waals surface area contributed by atoms with E-state index in [1.54, 1.807) is 7.05 Å². The van der Waals surface area contributed by atoms with Gasteiger partial charge in [-0.25, -0.2) is 0 Å². The van der Waals surface area contributed by atoms with Crippen LogP contribution in [0.4, 0.5) is 0 Å². The van der Waals surface area contributed by atoms with Crippen molar-refractivity contribution in [2.45, 2.75) is 96.8 Å². The van der Waals surface area contributed by atoms with Crippen LogP contribution in [0.2, 0.25) is 0 Å². The van der Waals surface area contributed by atoms with Crippen molar-refractivity contribution in [1.82, 2.24) is 5.32 Å². The van der Waals surface area contributed by atoms with E-state index < -0.39 is 16.1 Å². The third-order valence-corrected chi connectivity index (χ3v) is 5.61. The van der Waals surface area contributed by atoms with Gasteiger partial charge in [-0.15, -0.1) is 0 Å². The van der Waals surface area contributed by atoms with E-state index in [0.29, 0.717) is 6.42 Å². The van der Waals surface area contributed by atoms with Gasteiger partial charge in [0.1, 0.15) is 0 Å². The summed E-state index contributed by atoms with van der Waals surface area (Å²) in [6.45, 7) is 2.53. The van der Waals surface area contributed by atoms with Gasteiger partial charge in [-0.3, -0.25) is 4.79 Å². The van der Waals surface area contributed by atoms with Crippen molar-refractivity contribution >= 4 is 16.1 Å². The van der Waals surface area contributed by atoms with Crippen molar-refractivity contribution in [2.24, 2.45) is 0 Å². The zero-order valence-corrected chi connectivity index (χ0v) is 24.3. The first-order valence-corrected chi connectivity index (χ1v) is 12.3. The summed E-state index contributed by atoms with van der Waals surface area (Å²) in [6, 6.07) is 0. The van der Waals surface area contributed by atoms with Gasteiger partial charge in [-0.1, -0.05) is 70.4 Å². The maximum Gasteiger partial charge on any atom is 1.00 e. The maximum atomic E-state index is 11.5. The first kappa shape index (κ1) is 34.7. The minimum Gasteiger partial charge on any atom is -1.00 e. The normalized spacial score (nSPS) is 11.1. The SMILES string of the molecule is CCCCCCCC/C=C\CCCCCCCC(=O)OS(=O)(=O)CCNC.[H-].[H-].[Na+].[Na+].